The van der Waals surface area contributed by atoms with Crippen molar-refractivity contribution in [3.8, 4) is 5.75 Å². The van der Waals surface area contributed by atoms with Crippen LogP contribution in [0, 0.1) is 0 Å². The van der Waals surface area contributed by atoms with E-state index in [4.69, 9.17) is 0 Å². The second-order valence-electron chi connectivity index (χ2n) is 12.8. The van der Waals surface area contributed by atoms with Crippen LogP contribution in [0.15, 0.2) is 17.1 Å². The number of nitrogens with zero attached hydrogens (tertiary/aromatic N) is 1. The fourth-order valence-electron chi connectivity index (χ4n) is 4.65. The average Bonchev–Trinajstić information content (AvgIpc) is 2.77. The molecule has 0 aliphatic heterocycles. The number of rotatable bonds is 18. The van der Waals surface area contributed by atoms with Gasteiger partial charge in [0, 0.05) is 12.8 Å². The summed E-state index contributed by atoms with van der Waals surface area (Å²) >= 11 is 0. The van der Waals surface area contributed by atoms with Gasteiger partial charge in [0.25, 0.3) is 0 Å². The van der Waals surface area contributed by atoms with E-state index in [1.807, 2.05) is 6.21 Å². The normalized spacial score (nSPS) is 12.7. The summed E-state index contributed by atoms with van der Waals surface area (Å²) in [5.41, 5.74) is 2.72. The summed E-state index contributed by atoms with van der Waals surface area (Å²) < 4.78 is 0. The third-order valence-electron chi connectivity index (χ3n) is 7.16. The molecule has 0 saturated carbocycles. The number of unbranched alkanes of at least 4 members (excludes halogenated alkanes) is 15. The second-order valence-corrected chi connectivity index (χ2v) is 12.8. The highest BCUT2D eigenvalue weighted by atomic mass is 16.3. The van der Waals surface area contributed by atoms with Crippen LogP contribution in [0.1, 0.15) is 168 Å². The number of aliphatic imine (C=N–C) groups is 1. The van der Waals surface area contributed by atoms with Crippen LogP contribution >= 0.6 is 0 Å². The van der Waals surface area contributed by atoms with Crippen molar-refractivity contribution in [1.29, 1.82) is 0 Å². The first-order valence-electron chi connectivity index (χ1n) is 14.9. The zero-order valence-electron chi connectivity index (χ0n) is 24.6. The molecule has 0 radical (unpaired) electrons. The number of benzene rings is 1. The largest absolute Gasteiger partial charge is 0.872 e. The molecule has 0 atom stereocenters. The molecule has 0 unspecified atom stereocenters. The van der Waals surface area contributed by atoms with Crippen LogP contribution in [0.4, 0.5) is 0 Å². The molecule has 1 aromatic rings. The van der Waals surface area contributed by atoms with Crippen LogP contribution in [-0.4, -0.2) is 12.8 Å². The van der Waals surface area contributed by atoms with Crippen molar-refractivity contribution in [2.24, 2.45) is 4.99 Å². The Morgan fingerprint density at radius 1 is 0.629 bits per heavy atom. The fourth-order valence-corrected chi connectivity index (χ4v) is 4.65. The maximum absolute atomic E-state index is 13.0. The molecule has 202 valence electrons. The predicted molar refractivity (Wildman–Crippen MR) is 155 cm³/mol. The summed E-state index contributed by atoms with van der Waals surface area (Å²) in [6, 6.07) is 4.16. The summed E-state index contributed by atoms with van der Waals surface area (Å²) in [7, 11) is 0. The van der Waals surface area contributed by atoms with Crippen LogP contribution in [0.25, 0.3) is 0 Å². The van der Waals surface area contributed by atoms with Gasteiger partial charge < -0.3 is 5.11 Å². The van der Waals surface area contributed by atoms with Crippen LogP contribution in [0.2, 0.25) is 0 Å². The van der Waals surface area contributed by atoms with E-state index in [2.05, 4.69) is 65.6 Å². The molecule has 0 spiro atoms. The lowest BCUT2D eigenvalue weighted by Crippen LogP contribution is -2.20. The van der Waals surface area contributed by atoms with Crippen molar-refractivity contribution < 1.29 is 5.11 Å². The molecule has 1 aromatic carbocycles. The maximum Gasteiger partial charge on any atom is 0.0389 e. The second kappa shape index (κ2) is 17.2. The van der Waals surface area contributed by atoms with E-state index in [0.29, 0.717) is 0 Å². The Labute approximate surface area is 219 Å². The van der Waals surface area contributed by atoms with E-state index in [-0.39, 0.29) is 16.6 Å². The Kier molecular flexibility index (Phi) is 15.6. The van der Waals surface area contributed by atoms with E-state index in [9.17, 15) is 5.11 Å². The zero-order valence-corrected chi connectivity index (χ0v) is 24.6. The average molecular weight is 485 g/mol. The van der Waals surface area contributed by atoms with E-state index < -0.39 is 0 Å². The molecule has 0 aromatic heterocycles. The van der Waals surface area contributed by atoms with E-state index in [1.165, 1.54) is 102 Å². The van der Waals surface area contributed by atoms with Gasteiger partial charge in [-0.1, -0.05) is 163 Å². The van der Waals surface area contributed by atoms with Crippen molar-refractivity contribution in [2.45, 2.75) is 162 Å². The van der Waals surface area contributed by atoms with Crippen molar-refractivity contribution in [3.63, 3.8) is 0 Å². The zero-order chi connectivity index (χ0) is 26.2. The highest BCUT2D eigenvalue weighted by Gasteiger charge is 2.21. The van der Waals surface area contributed by atoms with Gasteiger partial charge in [-0.2, -0.15) is 0 Å². The SMILES string of the molecule is CCCCCCCCCCCCCCCCCCN=Cc1cc(C(C)(C)C)cc(C(C)(C)C)c1[O-]. The molecule has 0 amide bonds. The standard InChI is InChI=1S/C33H59NO/c1-8-9-10-11-12-13-14-15-16-17-18-19-20-21-22-23-24-34-27-28-25-29(32(2,3)4)26-30(31(28)35)33(5,6)7/h25-27,35H,8-24H2,1-7H3/p-1. The molecule has 2 nitrogen and oxygen atoms in total. The summed E-state index contributed by atoms with van der Waals surface area (Å²) in [5.74, 6) is 0.140. The maximum atomic E-state index is 13.0. The van der Waals surface area contributed by atoms with Gasteiger partial charge >= 0.3 is 0 Å². The lowest BCUT2D eigenvalue weighted by molar-refractivity contribution is -0.270. The van der Waals surface area contributed by atoms with E-state index >= 15 is 0 Å². The highest BCUT2D eigenvalue weighted by molar-refractivity contribution is 5.84. The monoisotopic (exact) mass is 484 g/mol. The van der Waals surface area contributed by atoms with Gasteiger partial charge in [-0.3, -0.25) is 4.99 Å². The molecular weight excluding hydrogens is 426 g/mol. The molecular formula is C33H58NO-. The van der Waals surface area contributed by atoms with Crippen molar-refractivity contribution in [3.05, 3.63) is 28.8 Å². The third-order valence-corrected chi connectivity index (χ3v) is 7.16. The van der Waals surface area contributed by atoms with Crippen molar-refractivity contribution in [1.82, 2.24) is 0 Å². The molecule has 0 fully saturated rings. The number of hydrogen-bond donors (Lipinski definition) is 0. The first-order chi connectivity index (χ1) is 16.6. The Morgan fingerprint density at radius 3 is 1.46 bits per heavy atom. The molecule has 0 bridgehead atoms. The Morgan fingerprint density at radius 2 is 1.06 bits per heavy atom. The van der Waals surface area contributed by atoms with Gasteiger partial charge in [-0.15, -0.1) is 0 Å². The fraction of sp³-hybridized carbons (Fsp3) is 0.788. The molecule has 0 heterocycles. The minimum Gasteiger partial charge on any atom is -0.872 e. The van der Waals surface area contributed by atoms with E-state index in [1.54, 1.807) is 0 Å². The van der Waals surface area contributed by atoms with Crippen LogP contribution in [-0.2, 0) is 10.8 Å². The summed E-state index contributed by atoms with van der Waals surface area (Å²) in [4.78, 5) is 4.63. The van der Waals surface area contributed by atoms with Crippen LogP contribution in [0.5, 0.6) is 5.75 Å². The van der Waals surface area contributed by atoms with Gasteiger partial charge in [0.1, 0.15) is 0 Å². The lowest BCUT2D eigenvalue weighted by Gasteiger charge is -2.31. The van der Waals surface area contributed by atoms with Crippen LogP contribution < -0.4 is 5.11 Å². The minimum atomic E-state index is -0.158. The minimum absolute atomic E-state index is 0.0180. The lowest BCUT2D eigenvalue weighted by atomic mass is 9.79. The summed E-state index contributed by atoms with van der Waals surface area (Å²) in [6.07, 6.45) is 23.9. The first kappa shape index (κ1) is 31.7. The Balaban J connectivity index is 2.19. The molecule has 0 N–H and O–H groups in total. The van der Waals surface area contributed by atoms with Crippen molar-refractivity contribution >= 4 is 6.21 Å². The summed E-state index contributed by atoms with van der Waals surface area (Å²) in [6.45, 7) is 16.1. The third kappa shape index (κ3) is 14.1. The predicted octanol–water partition coefficient (Wildman–Crippen LogP) is 10.0. The first-order valence-corrected chi connectivity index (χ1v) is 14.9. The van der Waals surface area contributed by atoms with Gasteiger partial charge in [0.05, 0.1) is 0 Å². The molecule has 35 heavy (non-hydrogen) atoms. The highest BCUT2D eigenvalue weighted by Crippen LogP contribution is 2.35. The van der Waals surface area contributed by atoms with Crippen LogP contribution in [0.3, 0.4) is 0 Å². The van der Waals surface area contributed by atoms with E-state index in [0.717, 1.165) is 24.1 Å². The smallest absolute Gasteiger partial charge is 0.0389 e. The van der Waals surface area contributed by atoms with Gasteiger partial charge in [0.2, 0.25) is 0 Å². The number of hydrogen-bond acceptors (Lipinski definition) is 2. The topological polar surface area (TPSA) is 35.4 Å². The Hall–Kier alpha value is -1.31. The van der Waals surface area contributed by atoms with Gasteiger partial charge in [0.15, 0.2) is 0 Å². The molecule has 0 saturated heterocycles. The molecule has 1 rings (SSSR count). The molecule has 0 aliphatic carbocycles. The quantitative estimate of drug-likeness (QED) is 0.151. The van der Waals surface area contributed by atoms with Gasteiger partial charge in [-0.05, 0) is 33.9 Å². The summed E-state index contributed by atoms with van der Waals surface area (Å²) in [5, 5.41) is 13.0. The molecule has 0 aliphatic rings. The van der Waals surface area contributed by atoms with Crippen molar-refractivity contribution in [2.75, 3.05) is 6.54 Å². The molecule has 2 heteroatoms. The van der Waals surface area contributed by atoms with Gasteiger partial charge in [-0.25, -0.2) is 0 Å². The Bertz CT molecular complexity index is 705.